The first kappa shape index (κ1) is 11.6. The lowest BCUT2D eigenvalue weighted by atomic mass is 9.86. The van der Waals surface area contributed by atoms with Crippen LogP contribution in [0.5, 0.6) is 0 Å². The van der Waals surface area contributed by atoms with Crippen LogP contribution in [-0.4, -0.2) is 11.0 Å². The highest BCUT2D eigenvalue weighted by molar-refractivity contribution is 7.18. The molecule has 2 rings (SSSR count). The fourth-order valence-electron chi connectivity index (χ4n) is 1.50. The first-order valence-corrected chi connectivity index (χ1v) is 6.38. The number of hydrogen-bond acceptors (Lipinski definition) is 3. The first-order valence-electron chi connectivity index (χ1n) is 5.57. The Kier molecular flexibility index (Phi) is 3.00. The van der Waals surface area contributed by atoms with E-state index in [1.807, 2.05) is 12.1 Å². The Bertz CT molecular complexity index is 449. The molecule has 0 aliphatic heterocycles. The van der Waals surface area contributed by atoms with Gasteiger partial charge in [0.2, 0.25) is 0 Å². The van der Waals surface area contributed by atoms with Crippen molar-refractivity contribution in [3.63, 3.8) is 0 Å². The van der Waals surface area contributed by atoms with Crippen LogP contribution in [0.3, 0.4) is 0 Å². The maximum Gasteiger partial charge on any atom is 0.0954 e. The van der Waals surface area contributed by atoms with E-state index in [4.69, 9.17) is 5.73 Å². The molecule has 0 amide bonds. The van der Waals surface area contributed by atoms with Gasteiger partial charge in [-0.15, -0.1) is 11.3 Å². The summed E-state index contributed by atoms with van der Waals surface area (Å²) in [6.07, 6.45) is 0.864. The van der Waals surface area contributed by atoms with Crippen molar-refractivity contribution < 1.29 is 0 Å². The minimum Gasteiger partial charge on any atom is -0.327 e. The van der Waals surface area contributed by atoms with E-state index in [0.29, 0.717) is 0 Å². The molecular weight excluding hydrogens is 216 g/mol. The summed E-state index contributed by atoms with van der Waals surface area (Å²) in [5.41, 5.74) is 7.39. The second-order valence-corrected chi connectivity index (χ2v) is 6.37. The van der Waals surface area contributed by atoms with Crippen molar-refractivity contribution in [2.24, 2.45) is 11.1 Å². The lowest BCUT2D eigenvalue weighted by molar-refractivity contribution is 0.318. The molecule has 1 heterocycles. The molecule has 86 valence electrons. The summed E-state index contributed by atoms with van der Waals surface area (Å²) in [5.74, 6) is 0. The van der Waals surface area contributed by atoms with Gasteiger partial charge in [0.25, 0.3) is 0 Å². The van der Waals surface area contributed by atoms with E-state index in [2.05, 4.69) is 37.9 Å². The van der Waals surface area contributed by atoms with Crippen LogP contribution in [0.25, 0.3) is 10.2 Å². The van der Waals surface area contributed by atoms with Gasteiger partial charge in [-0.1, -0.05) is 32.9 Å². The van der Waals surface area contributed by atoms with Crippen molar-refractivity contribution in [3.8, 4) is 0 Å². The van der Waals surface area contributed by atoms with Gasteiger partial charge in [-0.3, -0.25) is 0 Å². The molecule has 2 aromatic rings. The number of nitrogens with zero attached hydrogens (tertiary/aromatic N) is 1. The highest BCUT2D eigenvalue weighted by Gasteiger charge is 2.22. The van der Waals surface area contributed by atoms with Crippen LogP contribution in [0, 0.1) is 5.41 Å². The predicted octanol–water partition coefficient (Wildman–Crippen LogP) is 3.21. The second kappa shape index (κ2) is 4.15. The molecule has 16 heavy (non-hydrogen) atoms. The predicted molar refractivity (Wildman–Crippen MR) is 70.8 cm³/mol. The van der Waals surface area contributed by atoms with Gasteiger partial charge in [-0.05, 0) is 17.5 Å². The standard InChI is InChI=1S/C13H18N2S/c1-13(2,3)11(14)8-12-15-9-6-4-5-7-10(9)16-12/h4-7,11H,8,14H2,1-3H3. The highest BCUT2D eigenvalue weighted by atomic mass is 32.1. The van der Waals surface area contributed by atoms with Crippen molar-refractivity contribution >= 4 is 21.6 Å². The van der Waals surface area contributed by atoms with Crippen LogP contribution in [0.1, 0.15) is 25.8 Å². The van der Waals surface area contributed by atoms with Crippen molar-refractivity contribution in [3.05, 3.63) is 29.3 Å². The summed E-state index contributed by atoms with van der Waals surface area (Å²) in [5, 5.41) is 1.14. The van der Waals surface area contributed by atoms with Gasteiger partial charge in [0.15, 0.2) is 0 Å². The molecule has 0 radical (unpaired) electrons. The van der Waals surface area contributed by atoms with E-state index < -0.39 is 0 Å². The number of fused-ring (bicyclic) bond motifs is 1. The van der Waals surface area contributed by atoms with Crippen LogP contribution in [0.15, 0.2) is 24.3 Å². The third-order valence-electron chi connectivity index (χ3n) is 2.85. The average molecular weight is 234 g/mol. The van der Waals surface area contributed by atoms with Crippen LogP contribution in [0.4, 0.5) is 0 Å². The van der Waals surface area contributed by atoms with Gasteiger partial charge >= 0.3 is 0 Å². The summed E-state index contributed by atoms with van der Waals surface area (Å²) >= 11 is 1.75. The van der Waals surface area contributed by atoms with Gasteiger partial charge in [-0.25, -0.2) is 4.98 Å². The Morgan fingerprint density at radius 2 is 2.00 bits per heavy atom. The summed E-state index contributed by atoms with van der Waals surface area (Å²) in [6, 6.07) is 8.40. The fourth-order valence-corrected chi connectivity index (χ4v) is 2.53. The largest absolute Gasteiger partial charge is 0.327 e. The van der Waals surface area contributed by atoms with E-state index in [-0.39, 0.29) is 11.5 Å². The number of hydrogen-bond donors (Lipinski definition) is 1. The van der Waals surface area contributed by atoms with E-state index >= 15 is 0 Å². The number of rotatable bonds is 2. The Morgan fingerprint density at radius 1 is 1.31 bits per heavy atom. The van der Waals surface area contributed by atoms with Gasteiger partial charge in [0, 0.05) is 12.5 Å². The van der Waals surface area contributed by atoms with Crippen LogP contribution < -0.4 is 5.73 Å². The smallest absolute Gasteiger partial charge is 0.0954 e. The van der Waals surface area contributed by atoms with Crippen molar-refractivity contribution in [2.75, 3.05) is 0 Å². The summed E-state index contributed by atoms with van der Waals surface area (Å²) in [4.78, 5) is 4.60. The van der Waals surface area contributed by atoms with E-state index in [0.717, 1.165) is 16.9 Å². The van der Waals surface area contributed by atoms with Gasteiger partial charge in [0.1, 0.15) is 0 Å². The Morgan fingerprint density at radius 3 is 2.62 bits per heavy atom. The van der Waals surface area contributed by atoms with Gasteiger partial charge in [-0.2, -0.15) is 0 Å². The molecule has 1 aromatic heterocycles. The van der Waals surface area contributed by atoms with Gasteiger partial charge < -0.3 is 5.73 Å². The lowest BCUT2D eigenvalue weighted by Gasteiger charge is -2.26. The van der Waals surface area contributed by atoms with E-state index in [9.17, 15) is 0 Å². The SMILES string of the molecule is CC(C)(C)C(N)Cc1nc2ccccc2s1. The number of nitrogens with two attached hydrogens (primary N) is 1. The van der Waals surface area contributed by atoms with E-state index in [1.54, 1.807) is 11.3 Å². The maximum atomic E-state index is 6.17. The quantitative estimate of drug-likeness (QED) is 0.866. The molecule has 2 N–H and O–H groups in total. The second-order valence-electron chi connectivity index (χ2n) is 5.25. The van der Waals surface area contributed by atoms with Crippen LogP contribution in [-0.2, 0) is 6.42 Å². The molecule has 0 saturated carbocycles. The average Bonchev–Trinajstić information content (AvgIpc) is 2.58. The lowest BCUT2D eigenvalue weighted by Crippen LogP contribution is -2.36. The van der Waals surface area contributed by atoms with E-state index in [1.165, 1.54) is 4.70 Å². The molecule has 1 unspecified atom stereocenters. The van der Waals surface area contributed by atoms with Gasteiger partial charge in [0.05, 0.1) is 15.2 Å². The van der Waals surface area contributed by atoms with Crippen molar-refractivity contribution in [1.29, 1.82) is 0 Å². The Hall–Kier alpha value is -0.930. The number of thiazole rings is 1. The molecule has 3 heteroatoms. The molecule has 0 fully saturated rings. The van der Waals surface area contributed by atoms with Crippen molar-refractivity contribution in [2.45, 2.75) is 33.2 Å². The molecule has 2 nitrogen and oxygen atoms in total. The zero-order valence-electron chi connectivity index (χ0n) is 10.0. The van der Waals surface area contributed by atoms with Crippen molar-refractivity contribution in [1.82, 2.24) is 4.98 Å². The van der Waals surface area contributed by atoms with Crippen LogP contribution in [0.2, 0.25) is 0 Å². The maximum absolute atomic E-state index is 6.17. The minimum absolute atomic E-state index is 0.137. The third-order valence-corrected chi connectivity index (χ3v) is 3.90. The molecule has 1 atom stereocenters. The molecule has 0 aliphatic rings. The van der Waals surface area contributed by atoms with Crippen LogP contribution >= 0.6 is 11.3 Å². The topological polar surface area (TPSA) is 38.9 Å². The molecule has 0 saturated heterocycles. The Balaban J connectivity index is 2.22. The zero-order valence-corrected chi connectivity index (χ0v) is 10.8. The molecule has 1 aromatic carbocycles. The monoisotopic (exact) mass is 234 g/mol. The summed E-state index contributed by atoms with van der Waals surface area (Å²) in [7, 11) is 0. The molecule has 0 spiro atoms. The summed E-state index contributed by atoms with van der Waals surface area (Å²) in [6.45, 7) is 6.51. The molecule has 0 bridgehead atoms. The minimum atomic E-state index is 0.137. The molecule has 0 aliphatic carbocycles. The number of aromatic nitrogens is 1. The molecular formula is C13H18N2S. The number of para-hydroxylation sites is 1. The first-order chi connectivity index (χ1) is 7.47. The summed E-state index contributed by atoms with van der Waals surface area (Å²) < 4.78 is 1.25. The normalized spacial score (nSPS) is 14.2. The fraction of sp³-hybridized carbons (Fsp3) is 0.462. The third kappa shape index (κ3) is 2.42. The number of benzene rings is 1. The Labute approximate surface area is 101 Å². The zero-order chi connectivity index (χ0) is 11.8. The highest BCUT2D eigenvalue weighted by Crippen LogP contribution is 2.26.